The van der Waals surface area contributed by atoms with Crippen LogP contribution in [0.2, 0.25) is 5.02 Å². The highest BCUT2D eigenvalue weighted by molar-refractivity contribution is 9.10. The molecule has 2 unspecified atom stereocenters. The molecule has 0 aromatic heterocycles. The summed E-state index contributed by atoms with van der Waals surface area (Å²) in [7, 11) is 1.83. The van der Waals surface area contributed by atoms with Gasteiger partial charge in [-0.2, -0.15) is 0 Å². The lowest BCUT2D eigenvalue weighted by Crippen LogP contribution is -2.23. The molecule has 0 amide bonds. The van der Waals surface area contributed by atoms with Gasteiger partial charge in [0.1, 0.15) is 5.82 Å². The van der Waals surface area contributed by atoms with Gasteiger partial charge >= 0.3 is 0 Å². The quantitative estimate of drug-likeness (QED) is 0.837. The first-order valence-electron chi connectivity index (χ1n) is 6.05. The molecule has 1 aliphatic rings. The molecule has 0 saturated carbocycles. The molecule has 1 saturated heterocycles. The third-order valence-corrected chi connectivity index (χ3v) is 4.57. The molecule has 1 aromatic carbocycles. The first kappa shape index (κ1) is 14.3. The second kappa shape index (κ2) is 6.33. The number of rotatable bonds is 4. The summed E-state index contributed by atoms with van der Waals surface area (Å²) in [5.41, 5.74) is 0.598. The second-order valence-corrected chi connectivity index (χ2v) is 5.71. The Morgan fingerprint density at radius 3 is 3.00 bits per heavy atom. The van der Waals surface area contributed by atoms with Crippen molar-refractivity contribution in [2.24, 2.45) is 0 Å². The summed E-state index contributed by atoms with van der Waals surface area (Å²) in [6, 6.07) is 3.47. The van der Waals surface area contributed by atoms with Gasteiger partial charge in [0.15, 0.2) is 0 Å². The number of hydrogen-bond donors (Lipinski definition) is 1. The lowest BCUT2D eigenvalue weighted by atomic mass is 9.99. The normalized spacial score (nSPS) is 21.2. The van der Waals surface area contributed by atoms with Gasteiger partial charge in [0.2, 0.25) is 0 Å². The summed E-state index contributed by atoms with van der Waals surface area (Å²) in [5.74, 6) is -0.358. The summed E-state index contributed by atoms with van der Waals surface area (Å²) in [6.07, 6.45) is 3.12. The van der Waals surface area contributed by atoms with E-state index >= 15 is 0 Å². The average Bonchev–Trinajstić information content (AvgIpc) is 2.87. The first-order valence-corrected chi connectivity index (χ1v) is 7.23. The second-order valence-electron chi connectivity index (χ2n) is 4.48. The number of hydrogen-bond acceptors (Lipinski definition) is 2. The Morgan fingerprint density at radius 1 is 1.61 bits per heavy atom. The van der Waals surface area contributed by atoms with Crippen molar-refractivity contribution < 1.29 is 9.13 Å². The highest BCUT2D eigenvalue weighted by Gasteiger charge is 2.24. The van der Waals surface area contributed by atoms with Crippen molar-refractivity contribution >= 4 is 27.5 Å². The van der Waals surface area contributed by atoms with Crippen LogP contribution in [0, 0.1) is 5.82 Å². The van der Waals surface area contributed by atoms with Gasteiger partial charge in [0.25, 0.3) is 0 Å². The lowest BCUT2D eigenvalue weighted by Gasteiger charge is -2.21. The van der Waals surface area contributed by atoms with E-state index in [0.717, 1.165) is 25.9 Å². The molecule has 1 aromatic rings. The summed E-state index contributed by atoms with van der Waals surface area (Å²) in [6.45, 7) is 0.810. The molecule has 1 heterocycles. The van der Waals surface area contributed by atoms with Gasteiger partial charge in [-0.3, -0.25) is 0 Å². The van der Waals surface area contributed by atoms with Crippen LogP contribution in [0.15, 0.2) is 16.6 Å². The van der Waals surface area contributed by atoms with E-state index in [4.69, 9.17) is 16.3 Å². The molecule has 1 N–H and O–H groups in total. The van der Waals surface area contributed by atoms with Crippen LogP contribution in [0.5, 0.6) is 0 Å². The summed E-state index contributed by atoms with van der Waals surface area (Å²) < 4.78 is 20.3. The van der Waals surface area contributed by atoms with Gasteiger partial charge in [-0.1, -0.05) is 17.7 Å². The van der Waals surface area contributed by atoms with Crippen molar-refractivity contribution in [3.8, 4) is 0 Å². The standard InChI is InChI=1S/C13H16BrClFNO/c1-17-11(7-8-3-2-6-18-8)9-4-5-10(14)12(15)13(9)16/h4-5,8,11,17H,2-3,6-7H2,1H3. The van der Waals surface area contributed by atoms with E-state index in [0.29, 0.717) is 10.0 Å². The van der Waals surface area contributed by atoms with E-state index in [1.54, 1.807) is 12.1 Å². The lowest BCUT2D eigenvalue weighted by molar-refractivity contribution is 0.0950. The zero-order valence-electron chi connectivity index (χ0n) is 10.2. The van der Waals surface area contributed by atoms with Crippen molar-refractivity contribution in [3.63, 3.8) is 0 Å². The molecule has 1 fully saturated rings. The molecule has 0 bridgehead atoms. The van der Waals surface area contributed by atoms with E-state index in [2.05, 4.69) is 21.2 Å². The topological polar surface area (TPSA) is 21.3 Å². The fourth-order valence-electron chi connectivity index (χ4n) is 2.30. The van der Waals surface area contributed by atoms with E-state index in [1.165, 1.54) is 0 Å². The molecule has 2 nitrogen and oxygen atoms in total. The van der Waals surface area contributed by atoms with Gasteiger partial charge in [0.05, 0.1) is 11.1 Å². The predicted molar refractivity (Wildman–Crippen MR) is 74.5 cm³/mol. The Balaban J connectivity index is 2.18. The van der Waals surface area contributed by atoms with Crippen LogP contribution in [0.4, 0.5) is 4.39 Å². The van der Waals surface area contributed by atoms with Crippen LogP contribution in [0.25, 0.3) is 0 Å². The molecule has 5 heteroatoms. The third kappa shape index (κ3) is 3.05. The van der Waals surface area contributed by atoms with Crippen LogP contribution in [-0.4, -0.2) is 19.8 Å². The number of halogens is 3. The van der Waals surface area contributed by atoms with Crippen molar-refractivity contribution in [2.45, 2.75) is 31.4 Å². The number of nitrogens with one attached hydrogen (secondary N) is 1. The van der Waals surface area contributed by atoms with Crippen molar-refractivity contribution in [2.75, 3.05) is 13.7 Å². The Hall–Kier alpha value is -0.160. The fraction of sp³-hybridized carbons (Fsp3) is 0.538. The van der Waals surface area contributed by atoms with E-state index in [1.807, 2.05) is 7.05 Å². The van der Waals surface area contributed by atoms with E-state index in [-0.39, 0.29) is 23.0 Å². The first-order chi connectivity index (χ1) is 8.63. The number of ether oxygens (including phenoxy) is 1. The minimum Gasteiger partial charge on any atom is -0.378 e. The zero-order chi connectivity index (χ0) is 13.1. The van der Waals surface area contributed by atoms with Crippen molar-refractivity contribution in [3.05, 3.63) is 33.0 Å². The molecule has 18 heavy (non-hydrogen) atoms. The Morgan fingerprint density at radius 2 is 2.39 bits per heavy atom. The highest BCUT2D eigenvalue weighted by Crippen LogP contribution is 2.33. The molecular weight excluding hydrogens is 321 g/mol. The molecule has 100 valence electrons. The molecule has 2 rings (SSSR count). The Bertz CT molecular complexity index is 424. The maximum atomic E-state index is 14.1. The third-order valence-electron chi connectivity index (χ3n) is 3.31. The largest absolute Gasteiger partial charge is 0.378 e. The van der Waals surface area contributed by atoms with Crippen molar-refractivity contribution in [1.29, 1.82) is 0 Å². The minimum absolute atomic E-state index is 0.0706. The predicted octanol–water partition coefficient (Wildman–Crippen LogP) is 4.07. The SMILES string of the molecule is CNC(CC1CCCO1)c1ccc(Br)c(Cl)c1F. The van der Waals surface area contributed by atoms with Crippen LogP contribution in [0.3, 0.4) is 0 Å². The van der Waals surface area contributed by atoms with Crippen LogP contribution in [0.1, 0.15) is 30.9 Å². The zero-order valence-corrected chi connectivity index (χ0v) is 12.5. The summed E-state index contributed by atoms with van der Waals surface area (Å²) in [5, 5.41) is 3.28. The van der Waals surface area contributed by atoms with E-state index in [9.17, 15) is 4.39 Å². The maximum Gasteiger partial charge on any atom is 0.147 e. The molecule has 0 radical (unpaired) electrons. The summed E-state index contributed by atoms with van der Waals surface area (Å²) in [4.78, 5) is 0. The molecule has 0 spiro atoms. The number of benzene rings is 1. The Kier molecular flexibility index (Phi) is 5.01. The van der Waals surface area contributed by atoms with Crippen molar-refractivity contribution in [1.82, 2.24) is 5.32 Å². The van der Waals surface area contributed by atoms with Crippen LogP contribution < -0.4 is 5.32 Å². The monoisotopic (exact) mass is 335 g/mol. The van der Waals surface area contributed by atoms with Gasteiger partial charge in [0, 0.05) is 22.7 Å². The highest BCUT2D eigenvalue weighted by atomic mass is 79.9. The Labute approximate surface area is 120 Å². The fourth-order valence-corrected chi connectivity index (χ4v) is 2.78. The molecule has 1 aliphatic heterocycles. The van der Waals surface area contributed by atoms with Gasteiger partial charge < -0.3 is 10.1 Å². The maximum absolute atomic E-state index is 14.1. The van der Waals surface area contributed by atoms with Crippen LogP contribution in [-0.2, 0) is 4.74 Å². The average molecular weight is 337 g/mol. The molecular formula is C13H16BrClFNO. The summed E-state index contributed by atoms with van der Waals surface area (Å²) >= 11 is 9.14. The van der Waals surface area contributed by atoms with Gasteiger partial charge in [-0.15, -0.1) is 0 Å². The van der Waals surface area contributed by atoms with Gasteiger partial charge in [-0.05, 0) is 48.3 Å². The van der Waals surface area contributed by atoms with Gasteiger partial charge in [-0.25, -0.2) is 4.39 Å². The minimum atomic E-state index is -0.358. The molecule has 0 aliphatic carbocycles. The van der Waals surface area contributed by atoms with Crippen LogP contribution >= 0.6 is 27.5 Å². The molecule has 2 atom stereocenters. The van der Waals surface area contributed by atoms with E-state index < -0.39 is 0 Å². The smallest absolute Gasteiger partial charge is 0.147 e.